The summed E-state index contributed by atoms with van der Waals surface area (Å²) in [6.07, 6.45) is 3.31. The van der Waals surface area contributed by atoms with Crippen LogP contribution in [-0.2, 0) is 4.79 Å². The molecular weight excluding hydrogens is 386 g/mol. The van der Waals surface area contributed by atoms with Crippen molar-refractivity contribution in [2.75, 3.05) is 23.9 Å². The van der Waals surface area contributed by atoms with Crippen LogP contribution in [-0.4, -0.2) is 30.6 Å². The van der Waals surface area contributed by atoms with Crippen LogP contribution in [0.4, 0.5) is 11.4 Å². The van der Waals surface area contributed by atoms with Crippen molar-refractivity contribution in [1.82, 2.24) is 5.32 Å². The maximum atomic E-state index is 12.4. The lowest BCUT2D eigenvalue weighted by Gasteiger charge is -2.16. The molecule has 2 aromatic carbocycles. The van der Waals surface area contributed by atoms with Gasteiger partial charge in [0.2, 0.25) is 5.91 Å². The van der Waals surface area contributed by atoms with Gasteiger partial charge < -0.3 is 15.0 Å². The molecule has 29 heavy (non-hydrogen) atoms. The second-order valence-corrected chi connectivity index (χ2v) is 7.02. The average molecular weight is 414 g/mol. The summed E-state index contributed by atoms with van der Waals surface area (Å²) in [6, 6.07) is 14.2. The zero-order chi connectivity index (χ0) is 21.2. The van der Waals surface area contributed by atoms with E-state index in [1.807, 2.05) is 0 Å². The third-order valence-electron chi connectivity index (χ3n) is 4.34. The molecule has 0 saturated heterocycles. The Kier molecular flexibility index (Phi) is 8.61. The van der Waals surface area contributed by atoms with Crippen molar-refractivity contribution in [2.24, 2.45) is 0 Å². The first-order chi connectivity index (χ1) is 13.9. The van der Waals surface area contributed by atoms with Crippen molar-refractivity contribution in [3.8, 4) is 5.75 Å². The van der Waals surface area contributed by atoms with Crippen molar-refractivity contribution < 1.29 is 14.3 Å². The Labute approximate surface area is 177 Å². The highest BCUT2D eigenvalue weighted by Crippen LogP contribution is 2.17. The van der Waals surface area contributed by atoms with Gasteiger partial charge in [-0.2, -0.15) is 0 Å². The first-order valence-electron chi connectivity index (χ1n) is 9.60. The van der Waals surface area contributed by atoms with Gasteiger partial charge in [0.15, 0.2) is 5.11 Å². The largest absolute Gasteiger partial charge is 0.494 e. The van der Waals surface area contributed by atoms with Gasteiger partial charge in [0, 0.05) is 30.9 Å². The number of anilines is 2. The zero-order valence-corrected chi connectivity index (χ0v) is 17.8. The molecule has 0 aromatic heterocycles. The van der Waals surface area contributed by atoms with Gasteiger partial charge in [-0.05, 0) is 67.2 Å². The third-order valence-corrected chi connectivity index (χ3v) is 4.55. The third kappa shape index (κ3) is 7.19. The second-order valence-electron chi connectivity index (χ2n) is 6.61. The normalized spacial score (nSPS) is 10.2. The van der Waals surface area contributed by atoms with Crippen LogP contribution in [0.5, 0.6) is 5.75 Å². The van der Waals surface area contributed by atoms with Gasteiger partial charge in [-0.1, -0.05) is 19.8 Å². The molecule has 0 atom stereocenters. The van der Waals surface area contributed by atoms with Gasteiger partial charge in [-0.3, -0.25) is 14.9 Å². The summed E-state index contributed by atoms with van der Waals surface area (Å²) in [6.45, 7) is 4.32. The molecule has 2 N–H and O–H groups in total. The molecule has 0 saturated carbocycles. The standard InChI is InChI=1S/C22H27N3O3S/c1-4-5-6-15-28-20-13-7-17(8-14-20)21(27)24-22(29)23-18-9-11-19(12-10-18)25(3)16(2)26/h7-14H,4-6,15H2,1-3H3,(H2,23,24,27,29). The molecule has 0 aliphatic carbocycles. The highest BCUT2D eigenvalue weighted by molar-refractivity contribution is 7.80. The topological polar surface area (TPSA) is 70.7 Å². The highest BCUT2D eigenvalue weighted by atomic mass is 32.1. The minimum absolute atomic E-state index is 0.0501. The smallest absolute Gasteiger partial charge is 0.257 e. The van der Waals surface area contributed by atoms with E-state index in [-0.39, 0.29) is 16.9 Å². The van der Waals surface area contributed by atoms with E-state index in [4.69, 9.17) is 17.0 Å². The van der Waals surface area contributed by atoms with Crippen LogP contribution < -0.4 is 20.3 Å². The number of hydrogen-bond donors (Lipinski definition) is 2. The van der Waals surface area contributed by atoms with E-state index >= 15 is 0 Å². The average Bonchev–Trinajstić information content (AvgIpc) is 2.71. The molecule has 0 fully saturated rings. The molecule has 0 heterocycles. The number of unbranched alkanes of at least 4 members (excludes halogenated alkanes) is 2. The van der Waals surface area contributed by atoms with Crippen LogP contribution in [0.3, 0.4) is 0 Å². The predicted molar refractivity (Wildman–Crippen MR) is 121 cm³/mol. The van der Waals surface area contributed by atoms with E-state index in [0.717, 1.165) is 30.7 Å². The molecule has 0 spiro atoms. The summed E-state index contributed by atoms with van der Waals surface area (Å²) in [4.78, 5) is 25.3. The number of thiocarbonyl (C=S) groups is 1. The summed E-state index contributed by atoms with van der Waals surface area (Å²) in [7, 11) is 1.71. The van der Waals surface area contributed by atoms with Crippen LogP contribution in [0.25, 0.3) is 0 Å². The summed E-state index contributed by atoms with van der Waals surface area (Å²) >= 11 is 5.21. The number of hydrogen-bond acceptors (Lipinski definition) is 4. The molecule has 0 bridgehead atoms. The number of benzene rings is 2. The lowest BCUT2D eigenvalue weighted by molar-refractivity contribution is -0.116. The Morgan fingerprint density at radius 2 is 1.69 bits per heavy atom. The minimum atomic E-state index is -0.298. The Bertz CT molecular complexity index is 835. The molecule has 6 nitrogen and oxygen atoms in total. The Morgan fingerprint density at radius 1 is 1.03 bits per heavy atom. The molecule has 0 unspecified atom stereocenters. The van der Waals surface area contributed by atoms with Gasteiger partial charge >= 0.3 is 0 Å². The summed E-state index contributed by atoms with van der Waals surface area (Å²) < 4.78 is 5.65. The predicted octanol–water partition coefficient (Wildman–Crippen LogP) is 4.37. The van der Waals surface area contributed by atoms with Crippen LogP contribution in [0.1, 0.15) is 43.5 Å². The van der Waals surface area contributed by atoms with Gasteiger partial charge in [0.05, 0.1) is 6.61 Å². The van der Waals surface area contributed by atoms with Crippen molar-refractivity contribution in [1.29, 1.82) is 0 Å². The first-order valence-corrected chi connectivity index (χ1v) is 10.0. The van der Waals surface area contributed by atoms with E-state index in [1.165, 1.54) is 6.92 Å². The fourth-order valence-corrected chi connectivity index (χ4v) is 2.74. The molecule has 7 heteroatoms. The number of nitrogens with zero attached hydrogens (tertiary/aromatic N) is 1. The molecule has 0 aliphatic heterocycles. The summed E-state index contributed by atoms with van der Waals surface area (Å²) in [5, 5.41) is 5.81. The first kappa shape index (κ1) is 22.4. The van der Waals surface area contributed by atoms with Crippen LogP contribution in [0, 0.1) is 0 Å². The lowest BCUT2D eigenvalue weighted by atomic mass is 10.2. The number of amides is 2. The van der Waals surface area contributed by atoms with Crippen molar-refractivity contribution in [3.05, 3.63) is 54.1 Å². The van der Waals surface area contributed by atoms with Crippen molar-refractivity contribution in [3.63, 3.8) is 0 Å². The quantitative estimate of drug-likeness (QED) is 0.497. The molecule has 2 aromatic rings. The van der Waals surface area contributed by atoms with Gasteiger partial charge in [-0.25, -0.2) is 0 Å². The van der Waals surface area contributed by atoms with Crippen LogP contribution in [0.15, 0.2) is 48.5 Å². The van der Waals surface area contributed by atoms with Gasteiger partial charge in [0.1, 0.15) is 5.75 Å². The number of nitrogens with one attached hydrogen (secondary N) is 2. The summed E-state index contributed by atoms with van der Waals surface area (Å²) in [5.41, 5.74) is 1.98. The Hall–Kier alpha value is -2.93. The zero-order valence-electron chi connectivity index (χ0n) is 17.0. The maximum Gasteiger partial charge on any atom is 0.257 e. The molecule has 154 valence electrons. The monoisotopic (exact) mass is 413 g/mol. The molecule has 0 radical (unpaired) electrons. The molecule has 0 aliphatic rings. The van der Waals surface area contributed by atoms with Crippen LogP contribution in [0.2, 0.25) is 0 Å². The van der Waals surface area contributed by atoms with Gasteiger partial charge in [0.25, 0.3) is 5.91 Å². The highest BCUT2D eigenvalue weighted by Gasteiger charge is 2.09. The summed E-state index contributed by atoms with van der Waals surface area (Å²) in [5.74, 6) is 0.396. The molecule has 2 amide bonds. The van der Waals surface area contributed by atoms with E-state index < -0.39 is 0 Å². The number of carbonyl (C=O) groups excluding carboxylic acids is 2. The molecular formula is C22H27N3O3S. The molecule has 2 rings (SSSR count). The number of carbonyl (C=O) groups is 2. The van der Waals surface area contributed by atoms with Crippen LogP contribution >= 0.6 is 12.2 Å². The SMILES string of the molecule is CCCCCOc1ccc(C(=O)NC(=S)Nc2ccc(N(C)C(C)=O)cc2)cc1. The fourth-order valence-electron chi connectivity index (χ4n) is 2.53. The number of ether oxygens (including phenoxy) is 1. The lowest BCUT2D eigenvalue weighted by Crippen LogP contribution is -2.34. The second kappa shape index (κ2) is 11.2. The Balaban J connectivity index is 1.85. The van der Waals surface area contributed by atoms with E-state index in [0.29, 0.717) is 17.9 Å². The van der Waals surface area contributed by atoms with E-state index in [2.05, 4.69) is 17.6 Å². The van der Waals surface area contributed by atoms with E-state index in [9.17, 15) is 9.59 Å². The minimum Gasteiger partial charge on any atom is -0.494 e. The maximum absolute atomic E-state index is 12.4. The van der Waals surface area contributed by atoms with E-state index in [1.54, 1.807) is 60.5 Å². The van der Waals surface area contributed by atoms with Crippen molar-refractivity contribution >= 4 is 40.5 Å². The number of rotatable bonds is 8. The Morgan fingerprint density at radius 3 is 2.28 bits per heavy atom. The fraction of sp³-hybridized carbons (Fsp3) is 0.318. The van der Waals surface area contributed by atoms with Crippen molar-refractivity contribution in [2.45, 2.75) is 33.1 Å². The van der Waals surface area contributed by atoms with Gasteiger partial charge in [-0.15, -0.1) is 0 Å².